The molecule has 0 unspecified atom stereocenters. The Labute approximate surface area is 131 Å². The molecule has 4 nitrogen and oxygen atoms in total. The van der Waals surface area contributed by atoms with Gasteiger partial charge in [0.2, 0.25) is 0 Å². The molecular weight excluding hydrogens is 310 g/mol. The molecule has 6 heteroatoms. The third-order valence-corrected chi connectivity index (χ3v) is 4.56. The highest BCUT2D eigenvalue weighted by atomic mass is 35.5. The summed E-state index contributed by atoms with van der Waals surface area (Å²) in [7, 11) is 1.39. The van der Waals surface area contributed by atoms with E-state index in [9.17, 15) is 4.79 Å². The summed E-state index contributed by atoms with van der Waals surface area (Å²) in [5, 5.41) is 0.686. The van der Waals surface area contributed by atoms with Gasteiger partial charge in [0.15, 0.2) is 0 Å². The normalized spacial score (nSPS) is 13.5. The van der Waals surface area contributed by atoms with E-state index in [2.05, 4.69) is 4.90 Å². The molecule has 2 aromatic rings. The molecule has 0 aliphatic carbocycles. The highest BCUT2D eigenvalue weighted by molar-refractivity contribution is 7.13. The van der Waals surface area contributed by atoms with Crippen LogP contribution in [0.3, 0.4) is 0 Å². The van der Waals surface area contributed by atoms with E-state index in [0.717, 1.165) is 29.4 Å². The number of halogens is 1. The molecule has 1 aliphatic heterocycles. The number of nitrogens with zero attached hydrogens (tertiary/aromatic N) is 1. The lowest BCUT2D eigenvalue weighted by atomic mass is 10.2. The van der Waals surface area contributed by atoms with Gasteiger partial charge in [-0.25, -0.2) is 4.79 Å². The Bertz CT molecular complexity index is 671. The van der Waals surface area contributed by atoms with Gasteiger partial charge in [-0.2, -0.15) is 0 Å². The van der Waals surface area contributed by atoms with E-state index in [1.807, 2.05) is 24.3 Å². The van der Waals surface area contributed by atoms with Crippen LogP contribution in [0.25, 0.3) is 0 Å². The third kappa shape index (κ3) is 2.99. The Morgan fingerprint density at radius 3 is 3.10 bits per heavy atom. The zero-order valence-corrected chi connectivity index (χ0v) is 13.0. The van der Waals surface area contributed by atoms with Gasteiger partial charge in [0.25, 0.3) is 0 Å². The zero-order valence-electron chi connectivity index (χ0n) is 11.5. The number of carbonyl (C=O) groups excluding carboxylic acids is 1. The molecule has 0 radical (unpaired) electrons. The molecule has 0 saturated carbocycles. The molecule has 2 heterocycles. The van der Waals surface area contributed by atoms with Crippen molar-refractivity contribution in [2.45, 2.75) is 6.54 Å². The number of benzene rings is 1. The van der Waals surface area contributed by atoms with Gasteiger partial charge in [0.05, 0.1) is 25.9 Å². The number of hydrogen-bond acceptors (Lipinski definition) is 5. The molecule has 1 aromatic carbocycles. The fourth-order valence-corrected chi connectivity index (χ4v) is 3.38. The molecule has 0 N–H and O–H groups in total. The van der Waals surface area contributed by atoms with Crippen LogP contribution in [-0.2, 0) is 11.3 Å². The maximum atomic E-state index is 11.5. The van der Waals surface area contributed by atoms with Gasteiger partial charge in [-0.15, -0.1) is 11.3 Å². The van der Waals surface area contributed by atoms with E-state index < -0.39 is 0 Å². The number of rotatable bonds is 3. The van der Waals surface area contributed by atoms with E-state index in [-0.39, 0.29) is 5.97 Å². The van der Waals surface area contributed by atoms with Crippen LogP contribution in [0, 0.1) is 0 Å². The first-order valence-electron chi connectivity index (χ1n) is 6.51. The summed E-state index contributed by atoms with van der Waals surface area (Å²) in [6, 6.07) is 9.37. The van der Waals surface area contributed by atoms with Crippen LogP contribution in [0.15, 0.2) is 30.3 Å². The summed E-state index contributed by atoms with van der Waals surface area (Å²) in [5.41, 5.74) is 0.988. The van der Waals surface area contributed by atoms with Gasteiger partial charge in [0.1, 0.15) is 17.2 Å². The Hall–Kier alpha value is -1.72. The summed E-state index contributed by atoms with van der Waals surface area (Å²) in [6.07, 6.45) is 0. The number of ether oxygens (including phenoxy) is 2. The number of methoxy groups -OCH3 is 1. The minimum Gasteiger partial charge on any atom is -0.490 e. The van der Waals surface area contributed by atoms with E-state index in [0.29, 0.717) is 16.5 Å². The average Bonchev–Trinajstić information content (AvgIpc) is 2.95. The third-order valence-electron chi connectivity index (χ3n) is 3.28. The van der Waals surface area contributed by atoms with E-state index in [4.69, 9.17) is 21.1 Å². The van der Waals surface area contributed by atoms with Gasteiger partial charge in [-0.1, -0.05) is 11.6 Å². The number of thiophene rings is 1. The maximum absolute atomic E-state index is 11.5. The summed E-state index contributed by atoms with van der Waals surface area (Å²) in [6.45, 7) is 2.15. The van der Waals surface area contributed by atoms with Crippen molar-refractivity contribution in [3.63, 3.8) is 0 Å². The highest BCUT2D eigenvalue weighted by Gasteiger charge is 2.19. The Morgan fingerprint density at radius 2 is 2.29 bits per heavy atom. The second-order valence-corrected chi connectivity index (χ2v) is 6.24. The number of carbonyl (C=O) groups is 1. The van der Waals surface area contributed by atoms with E-state index >= 15 is 0 Å². The number of anilines is 1. The minimum atomic E-state index is -0.295. The summed E-state index contributed by atoms with van der Waals surface area (Å²) < 4.78 is 10.4. The molecule has 1 aliphatic rings. The van der Waals surface area contributed by atoms with E-state index in [1.165, 1.54) is 18.4 Å². The predicted octanol–water partition coefficient (Wildman–Crippen LogP) is 3.59. The van der Waals surface area contributed by atoms with Crippen LogP contribution in [0.1, 0.15) is 14.5 Å². The molecule has 0 saturated heterocycles. The van der Waals surface area contributed by atoms with Crippen LogP contribution in [0.4, 0.5) is 5.69 Å². The largest absolute Gasteiger partial charge is 0.490 e. The molecule has 21 heavy (non-hydrogen) atoms. The van der Waals surface area contributed by atoms with Crippen molar-refractivity contribution in [2.75, 3.05) is 25.2 Å². The standard InChI is InChI=1S/C15H14ClNO3S/c1-19-15(18)14-5-3-11(21-14)9-17-6-7-20-13-4-2-10(16)8-12(13)17/h2-5,8H,6-7,9H2,1H3. The van der Waals surface area contributed by atoms with Crippen molar-refractivity contribution in [3.8, 4) is 5.75 Å². The fraction of sp³-hybridized carbons (Fsp3) is 0.267. The Morgan fingerprint density at radius 1 is 1.43 bits per heavy atom. The van der Waals surface area contributed by atoms with Crippen LogP contribution in [-0.4, -0.2) is 26.2 Å². The molecule has 0 atom stereocenters. The van der Waals surface area contributed by atoms with Crippen molar-refractivity contribution in [1.82, 2.24) is 0 Å². The quantitative estimate of drug-likeness (QED) is 0.809. The smallest absolute Gasteiger partial charge is 0.348 e. The van der Waals surface area contributed by atoms with E-state index in [1.54, 1.807) is 6.07 Å². The Kier molecular flexibility index (Phi) is 4.03. The number of hydrogen-bond donors (Lipinski definition) is 0. The first kappa shape index (κ1) is 14.2. The first-order chi connectivity index (χ1) is 10.2. The lowest BCUT2D eigenvalue weighted by molar-refractivity contribution is 0.0606. The molecule has 0 bridgehead atoms. The van der Waals surface area contributed by atoms with Crippen molar-refractivity contribution in [2.24, 2.45) is 0 Å². The summed E-state index contributed by atoms with van der Waals surface area (Å²) in [4.78, 5) is 15.4. The van der Waals surface area contributed by atoms with Crippen LogP contribution in [0.2, 0.25) is 5.02 Å². The Balaban J connectivity index is 1.82. The molecule has 110 valence electrons. The van der Waals surface area contributed by atoms with Crippen LogP contribution in [0.5, 0.6) is 5.75 Å². The second kappa shape index (κ2) is 5.95. The molecule has 3 rings (SSSR count). The lowest BCUT2D eigenvalue weighted by Crippen LogP contribution is -2.31. The first-order valence-corrected chi connectivity index (χ1v) is 7.71. The SMILES string of the molecule is COC(=O)c1ccc(CN2CCOc3ccc(Cl)cc32)s1. The van der Waals surface area contributed by atoms with Crippen molar-refractivity contribution >= 4 is 34.6 Å². The van der Waals surface area contributed by atoms with Crippen LogP contribution >= 0.6 is 22.9 Å². The van der Waals surface area contributed by atoms with Crippen LogP contribution < -0.4 is 9.64 Å². The average molecular weight is 324 g/mol. The molecule has 1 aromatic heterocycles. The minimum absolute atomic E-state index is 0.295. The van der Waals surface area contributed by atoms with Crippen molar-refractivity contribution in [1.29, 1.82) is 0 Å². The highest BCUT2D eigenvalue weighted by Crippen LogP contribution is 2.35. The molecule has 0 fully saturated rings. The van der Waals surface area contributed by atoms with Crippen molar-refractivity contribution < 1.29 is 14.3 Å². The molecule has 0 spiro atoms. The summed E-state index contributed by atoms with van der Waals surface area (Å²) in [5.74, 6) is 0.548. The van der Waals surface area contributed by atoms with Gasteiger partial charge in [-0.05, 0) is 30.3 Å². The number of esters is 1. The number of fused-ring (bicyclic) bond motifs is 1. The zero-order chi connectivity index (χ0) is 14.8. The summed E-state index contributed by atoms with van der Waals surface area (Å²) >= 11 is 7.52. The maximum Gasteiger partial charge on any atom is 0.348 e. The van der Waals surface area contributed by atoms with Gasteiger partial charge in [0, 0.05) is 9.90 Å². The van der Waals surface area contributed by atoms with Crippen molar-refractivity contribution in [3.05, 3.63) is 45.1 Å². The molecular formula is C15H14ClNO3S. The fourth-order valence-electron chi connectivity index (χ4n) is 2.27. The second-order valence-electron chi connectivity index (χ2n) is 4.64. The van der Waals surface area contributed by atoms with Gasteiger partial charge >= 0.3 is 5.97 Å². The topological polar surface area (TPSA) is 38.8 Å². The molecule has 0 amide bonds. The predicted molar refractivity (Wildman–Crippen MR) is 83.7 cm³/mol. The van der Waals surface area contributed by atoms with Gasteiger partial charge in [-0.3, -0.25) is 0 Å². The van der Waals surface area contributed by atoms with Gasteiger partial charge < -0.3 is 14.4 Å². The monoisotopic (exact) mass is 323 g/mol. The lowest BCUT2D eigenvalue weighted by Gasteiger charge is -2.31.